The van der Waals surface area contributed by atoms with Crippen molar-refractivity contribution < 1.29 is 14.3 Å². The van der Waals surface area contributed by atoms with Crippen molar-refractivity contribution in [2.75, 3.05) is 0 Å². The maximum atomic E-state index is 12.4. The van der Waals surface area contributed by atoms with Crippen molar-refractivity contribution in [3.63, 3.8) is 0 Å². The Balaban J connectivity index is 1.36. The van der Waals surface area contributed by atoms with Gasteiger partial charge in [0.2, 0.25) is 0 Å². The maximum absolute atomic E-state index is 12.4. The number of fused-ring (bicyclic) bond motifs is 1. The third-order valence-corrected chi connectivity index (χ3v) is 5.04. The smallest absolute Gasteiger partial charge is 0.310 e. The lowest BCUT2D eigenvalue weighted by Gasteiger charge is -2.09. The minimum atomic E-state index is -0.0996. The summed E-state index contributed by atoms with van der Waals surface area (Å²) in [7, 11) is 0. The highest BCUT2D eigenvalue weighted by molar-refractivity contribution is 5.79. The van der Waals surface area contributed by atoms with Gasteiger partial charge in [0.05, 0.1) is 5.92 Å². The van der Waals surface area contributed by atoms with E-state index in [0.29, 0.717) is 11.8 Å². The van der Waals surface area contributed by atoms with Crippen molar-refractivity contribution in [1.29, 1.82) is 0 Å². The summed E-state index contributed by atoms with van der Waals surface area (Å²) in [5.41, 5.74) is 3.51. The number of allylic oxidation sites excluding steroid dienone is 4. The van der Waals surface area contributed by atoms with Crippen molar-refractivity contribution >= 4 is 5.97 Å². The fraction of sp³-hybridized carbons (Fsp3) is 0.261. The van der Waals surface area contributed by atoms with Crippen LogP contribution < -0.4 is 4.74 Å². The predicted octanol–water partition coefficient (Wildman–Crippen LogP) is 5.29. The summed E-state index contributed by atoms with van der Waals surface area (Å²) >= 11 is 0. The third-order valence-electron chi connectivity index (χ3n) is 5.04. The molecule has 0 unspecified atom stereocenters. The highest BCUT2D eigenvalue weighted by Gasteiger charge is 2.58. The molecule has 3 heteroatoms. The van der Waals surface area contributed by atoms with Crippen LogP contribution in [0.4, 0.5) is 0 Å². The van der Waals surface area contributed by atoms with Gasteiger partial charge < -0.3 is 9.47 Å². The third kappa shape index (κ3) is 3.30. The molecule has 1 saturated carbocycles. The Kier molecular flexibility index (Phi) is 4.37. The summed E-state index contributed by atoms with van der Waals surface area (Å²) in [6, 6.07) is 17.3. The number of hydrogen-bond donors (Lipinski definition) is 0. The number of carbonyl (C=O) groups excluding carboxylic acids is 1. The molecule has 0 aromatic heterocycles. The molecule has 2 aliphatic carbocycles. The van der Waals surface area contributed by atoms with Crippen molar-refractivity contribution in [1.82, 2.24) is 0 Å². The van der Waals surface area contributed by atoms with Gasteiger partial charge in [-0.15, -0.1) is 0 Å². The Morgan fingerprint density at radius 2 is 1.77 bits per heavy atom. The van der Waals surface area contributed by atoms with E-state index in [4.69, 9.17) is 9.47 Å². The molecule has 0 aliphatic heterocycles. The van der Waals surface area contributed by atoms with Crippen LogP contribution in [0.2, 0.25) is 0 Å². The first-order valence-electron chi connectivity index (χ1n) is 8.97. The van der Waals surface area contributed by atoms with E-state index < -0.39 is 0 Å². The molecule has 132 valence electrons. The van der Waals surface area contributed by atoms with Gasteiger partial charge in [-0.25, -0.2) is 0 Å². The number of benzene rings is 2. The quantitative estimate of drug-likeness (QED) is 0.690. The van der Waals surface area contributed by atoms with Crippen LogP contribution in [0.15, 0.2) is 77.9 Å². The van der Waals surface area contributed by atoms with Crippen LogP contribution in [0.1, 0.15) is 19.4 Å². The minimum absolute atomic E-state index is 0.00588. The second kappa shape index (κ2) is 6.83. The first-order chi connectivity index (χ1) is 12.6. The lowest BCUT2D eigenvalue weighted by Crippen LogP contribution is -2.10. The molecule has 4 rings (SSSR count). The zero-order valence-electron chi connectivity index (χ0n) is 15.0. The van der Waals surface area contributed by atoms with Gasteiger partial charge in [0.15, 0.2) is 0 Å². The van der Waals surface area contributed by atoms with E-state index in [-0.39, 0.29) is 18.5 Å². The van der Waals surface area contributed by atoms with E-state index in [9.17, 15) is 4.79 Å². The highest BCUT2D eigenvalue weighted by atomic mass is 16.5. The number of ether oxygens (including phenoxy) is 2. The van der Waals surface area contributed by atoms with E-state index in [1.54, 1.807) is 0 Å². The zero-order chi connectivity index (χ0) is 18.1. The first kappa shape index (κ1) is 16.6. The lowest BCUT2D eigenvalue weighted by atomic mass is 10.1. The molecule has 0 N–H and O–H groups in total. The maximum Gasteiger partial charge on any atom is 0.310 e. The Morgan fingerprint density at radius 1 is 1.00 bits per heavy atom. The average molecular weight is 346 g/mol. The molecule has 0 spiro atoms. The second-order valence-corrected chi connectivity index (χ2v) is 7.11. The molecule has 0 radical (unpaired) electrons. The Morgan fingerprint density at radius 3 is 2.54 bits per heavy atom. The topological polar surface area (TPSA) is 35.5 Å². The van der Waals surface area contributed by atoms with Gasteiger partial charge in [-0.2, -0.15) is 0 Å². The molecule has 3 nitrogen and oxygen atoms in total. The number of hydrogen-bond acceptors (Lipinski definition) is 3. The number of para-hydroxylation sites is 1. The Hall–Kier alpha value is -2.81. The molecular formula is C23H22O3. The van der Waals surface area contributed by atoms with E-state index in [0.717, 1.165) is 17.1 Å². The zero-order valence-corrected chi connectivity index (χ0v) is 15.0. The van der Waals surface area contributed by atoms with Crippen LogP contribution in [-0.2, 0) is 16.1 Å². The second-order valence-electron chi connectivity index (χ2n) is 7.11. The van der Waals surface area contributed by atoms with Gasteiger partial charge in [-0.1, -0.05) is 48.1 Å². The molecular weight excluding hydrogens is 324 g/mol. The van der Waals surface area contributed by atoms with Crippen molar-refractivity contribution in [2.24, 2.45) is 17.8 Å². The monoisotopic (exact) mass is 346 g/mol. The summed E-state index contributed by atoms with van der Waals surface area (Å²) in [6.07, 6.45) is 4.30. The SMILES string of the molecule is CC(C)=C1C=C[C@@H]2[C@@H](C(=O)OCc3cccc(Oc4ccccc4)c3)[C@H]12. The number of rotatable bonds is 5. The average Bonchev–Trinajstić information content (AvgIpc) is 3.19. The molecule has 1 fully saturated rings. The molecule has 26 heavy (non-hydrogen) atoms. The number of carbonyl (C=O) groups is 1. The van der Waals surface area contributed by atoms with E-state index in [1.807, 2.05) is 54.6 Å². The van der Waals surface area contributed by atoms with E-state index >= 15 is 0 Å². The van der Waals surface area contributed by atoms with Crippen LogP contribution in [0.5, 0.6) is 11.5 Å². The van der Waals surface area contributed by atoms with E-state index in [2.05, 4.69) is 26.0 Å². The van der Waals surface area contributed by atoms with Crippen LogP contribution in [0.3, 0.4) is 0 Å². The van der Waals surface area contributed by atoms with Crippen molar-refractivity contribution in [3.8, 4) is 11.5 Å². The summed E-state index contributed by atoms with van der Waals surface area (Å²) in [5, 5.41) is 0. The molecule has 0 heterocycles. The van der Waals surface area contributed by atoms with Gasteiger partial charge >= 0.3 is 5.97 Å². The molecule has 2 aromatic rings. The summed E-state index contributed by atoms with van der Waals surface area (Å²) < 4.78 is 11.4. The lowest BCUT2D eigenvalue weighted by molar-refractivity contribution is -0.147. The highest BCUT2D eigenvalue weighted by Crippen LogP contribution is 2.57. The summed E-state index contributed by atoms with van der Waals surface area (Å²) in [5.74, 6) is 2.09. The number of esters is 1. The Bertz CT molecular complexity index is 875. The van der Waals surface area contributed by atoms with Crippen molar-refractivity contribution in [2.45, 2.75) is 20.5 Å². The largest absolute Gasteiger partial charge is 0.461 e. The normalized spacial score (nSPS) is 22.7. The fourth-order valence-corrected chi connectivity index (χ4v) is 3.68. The van der Waals surface area contributed by atoms with Crippen LogP contribution >= 0.6 is 0 Å². The molecule has 2 aliphatic rings. The predicted molar refractivity (Wildman–Crippen MR) is 101 cm³/mol. The van der Waals surface area contributed by atoms with Crippen LogP contribution in [0, 0.1) is 17.8 Å². The van der Waals surface area contributed by atoms with Gasteiger partial charge in [0, 0.05) is 5.92 Å². The van der Waals surface area contributed by atoms with Gasteiger partial charge in [-0.05, 0) is 55.2 Å². The van der Waals surface area contributed by atoms with Crippen LogP contribution in [0.25, 0.3) is 0 Å². The van der Waals surface area contributed by atoms with Crippen molar-refractivity contribution in [3.05, 3.63) is 83.5 Å². The Labute approximate surface area is 154 Å². The summed E-state index contributed by atoms with van der Waals surface area (Å²) in [4.78, 5) is 12.4. The molecule has 2 aromatic carbocycles. The molecule has 0 saturated heterocycles. The van der Waals surface area contributed by atoms with Gasteiger partial charge in [0.1, 0.15) is 18.1 Å². The molecule has 0 bridgehead atoms. The van der Waals surface area contributed by atoms with Gasteiger partial charge in [-0.3, -0.25) is 4.79 Å². The molecule has 3 atom stereocenters. The standard InChI is InChI=1S/C23H22O3/c1-15(2)19-11-12-20-21(19)22(20)23(24)25-14-16-7-6-10-18(13-16)26-17-8-4-3-5-9-17/h3-13,20-22H,14H2,1-2H3/t20-,21+,22+/m0/s1. The first-order valence-corrected chi connectivity index (χ1v) is 8.97. The van der Waals surface area contributed by atoms with Crippen LogP contribution in [-0.4, -0.2) is 5.97 Å². The minimum Gasteiger partial charge on any atom is -0.461 e. The van der Waals surface area contributed by atoms with E-state index in [1.165, 1.54) is 11.1 Å². The van der Waals surface area contributed by atoms with Gasteiger partial charge in [0.25, 0.3) is 0 Å². The fourth-order valence-electron chi connectivity index (χ4n) is 3.68. The molecule has 0 amide bonds. The summed E-state index contributed by atoms with van der Waals surface area (Å²) in [6.45, 7) is 4.47.